The van der Waals surface area contributed by atoms with Crippen LogP contribution in [0.15, 0.2) is 6.20 Å². The Morgan fingerprint density at radius 1 is 1.33 bits per heavy atom. The second kappa shape index (κ2) is 5.66. The molecule has 1 amide bonds. The number of carbonyl (C=O) groups is 1. The number of aromatic nitrogens is 2. The highest BCUT2D eigenvalue weighted by Gasteiger charge is 2.23. The zero-order chi connectivity index (χ0) is 13.0. The molecule has 1 saturated carbocycles. The molecule has 6 heteroatoms. The quantitative estimate of drug-likeness (QED) is 0.880. The average molecular weight is 251 g/mol. The zero-order valence-corrected chi connectivity index (χ0v) is 10.6. The minimum Gasteiger partial charge on any atom is -0.479 e. The molecule has 18 heavy (non-hydrogen) atoms. The summed E-state index contributed by atoms with van der Waals surface area (Å²) in [5, 5.41) is 2.81. The van der Waals surface area contributed by atoms with E-state index in [0.717, 1.165) is 25.7 Å². The summed E-state index contributed by atoms with van der Waals surface area (Å²) in [6.07, 6.45) is 5.64. The van der Waals surface area contributed by atoms with E-state index in [-0.39, 0.29) is 17.8 Å². The van der Waals surface area contributed by atoms with Crippen LogP contribution in [0.25, 0.3) is 0 Å². The van der Waals surface area contributed by atoms with Gasteiger partial charge in [0.05, 0.1) is 20.4 Å². The zero-order valence-electron chi connectivity index (χ0n) is 10.6. The van der Waals surface area contributed by atoms with Crippen molar-refractivity contribution in [2.45, 2.75) is 25.7 Å². The summed E-state index contributed by atoms with van der Waals surface area (Å²) in [5.41, 5.74) is 0.482. The van der Waals surface area contributed by atoms with Gasteiger partial charge >= 0.3 is 6.01 Å². The monoisotopic (exact) mass is 251 g/mol. The topological polar surface area (TPSA) is 73.3 Å². The average Bonchev–Trinajstić information content (AvgIpc) is 2.93. The molecule has 1 fully saturated rings. The number of hydrogen-bond acceptors (Lipinski definition) is 5. The molecule has 0 spiro atoms. The molecule has 0 unspecified atom stereocenters. The van der Waals surface area contributed by atoms with Gasteiger partial charge in [0.2, 0.25) is 11.8 Å². The molecule has 1 heterocycles. The number of carbonyl (C=O) groups excluding carboxylic acids is 1. The van der Waals surface area contributed by atoms with Gasteiger partial charge in [-0.3, -0.25) is 4.79 Å². The first-order valence-electron chi connectivity index (χ1n) is 6.00. The first-order valence-corrected chi connectivity index (χ1v) is 6.00. The number of methoxy groups -OCH3 is 2. The third kappa shape index (κ3) is 2.69. The molecule has 0 atom stereocenters. The first-order chi connectivity index (χ1) is 8.74. The van der Waals surface area contributed by atoms with Crippen molar-refractivity contribution >= 4 is 11.6 Å². The van der Waals surface area contributed by atoms with Crippen LogP contribution >= 0.6 is 0 Å². The minimum atomic E-state index is 0.0135. The van der Waals surface area contributed by atoms with Crippen molar-refractivity contribution in [1.82, 2.24) is 9.97 Å². The van der Waals surface area contributed by atoms with Crippen LogP contribution in [-0.4, -0.2) is 30.1 Å². The van der Waals surface area contributed by atoms with E-state index >= 15 is 0 Å². The second-order valence-corrected chi connectivity index (χ2v) is 4.25. The lowest BCUT2D eigenvalue weighted by Gasteiger charge is -2.12. The van der Waals surface area contributed by atoms with Crippen molar-refractivity contribution in [3.05, 3.63) is 6.20 Å². The van der Waals surface area contributed by atoms with Crippen LogP contribution in [0.4, 0.5) is 5.69 Å². The van der Waals surface area contributed by atoms with E-state index in [2.05, 4.69) is 15.3 Å². The molecule has 1 aromatic rings. The molecule has 0 saturated heterocycles. The van der Waals surface area contributed by atoms with Gasteiger partial charge in [-0.25, -0.2) is 4.98 Å². The van der Waals surface area contributed by atoms with Crippen molar-refractivity contribution in [3.8, 4) is 11.9 Å². The van der Waals surface area contributed by atoms with E-state index in [9.17, 15) is 4.79 Å². The van der Waals surface area contributed by atoms with Gasteiger partial charge in [-0.05, 0) is 12.8 Å². The van der Waals surface area contributed by atoms with Gasteiger partial charge in [0.25, 0.3) is 0 Å². The Morgan fingerprint density at radius 3 is 2.67 bits per heavy atom. The predicted octanol–water partition coefficient (Wildman–Crippen LogP) is 1.62. The van der Waals surface area contributed by atoms with E-state index < -0.39 is 0 Å². The highest BCUT2D eigenvalue weighted by Crippen LogP contribution is 2.28. The minimum absolute atomic E-state index is 0.0135. The number of nitrogens with one attached hydrogen (secondary N) is 1. The van der Waals surface area contributed by atoms with Gasteiger partial charge in [-0.2, -0.15) is 4.98 Å². The van der Waals surface area contributed by atoms with Crippen LogP contribution in [-0.2, 0) is 4.79 Å². The highest BCUT2D eigenvalue weighted by molar-refractivity contribution is 5.93. The molecule has 98 valence electrons. The van der Waals surface area contributed by atoms with Gasteiger partial charge in [0.15, 0.2) is 0 Å². The van der Waals surface area contributed by atoms with E-state index in [1.807, 2.05) is 0 Å². The molecule has 0 aromatic carbocycles. The summed E-state index contributed by atoms with van der Waals surface area (Å²) < 4.78 is 10.0. The lowest BCUT2D eigenvalue weighted by molar-refractivity contribution is -0.119. The normalized spacial score (nSPS) is 15.4. The summed E-state index contributed by atoms with van der Waals surface area (Å²) in [5.74, 6) is 0.421. The van der Waals surface area contributed by atoms with Crippen LogP contribution in [0.3, 0.4) is 0 Å². The van der Waals surface area contributed by atoms with Crippen molar-refractivity contribution in [2.24, 2.45) is 5.92 Å². The summed E-state index contributed by atoms with van der Waals surface area (Å²) >= 11 is 0. The molecule has 1 aliphatic rings. The van der Waals surface area contributed by atoms with Gasteiger partial charge in [0.1, 0.15) is 5.69 Å². The van der Waals surface area contributed by atoms with Crippen LogP contribution < -0.4 is 14.8 Å². The maximum atomic E-state index is 12.0. The Bertz CT molecular complexity index is 431. The third-order valence-electron chi connectivity index (χ3n) is 3.09. The van der Waals surface area contributed by atoms with Crippen LogP contribution in [0.1, 0.15) is 25.7 Å². The van der Waals surface area contributed by atoms with Crippen molar-refractivity contribution in [1.29, 1.82) is 0 Å². The molecule has 1 aliphatic carbocycles. The number of rotatable bonds is 4. The number of nitrogens with zero attached hydrogens (tertiary/aromatic N) is 2. The largest absolute Gasteiger partial charge is 0.479 e. The van der Waals surface area contributed by atoms with Crippen molar-refractivity contribution in [2.75, 3.05) is 19.5 Å². The molecule has 6 nitrogen and oxygen atoms in total. The van der Waals surface area contributed by atoms with Gasteiger partial charge in [-0.15, -0.1) is 0 Å². The third-order valence-corrected chi connectivity index (χ3v) is 3.09. The fraction of sp³-hybridized carbons (Fsp3) is 0.583. The lowest BCUT2D eigenvalue weighted by Crippen LogP contribution is -2.21. The summed E-state index contributed by atoms with van der Waals surface area (Å²) in [6, 6.07) is 0.214. The number of hydrogen-bond donors (Lipinski definition) is 1. The first kappa shape index (κ1) is 12.6. The number of amides is 1. The number of anilines is 1. The molecule has 0 radical (unpaired) electrons. The molecule has 0 bridgehead atoms. The van der Waals surface area contributed by atoms with Gasteiger partial charge in [-0.1, -0.05) is 12.8 Å². The molecule has 1 aromatic heterocycles. The molecule has 1 N–H and O–H groups in total. The Kier molecular flexibility index (Phi) is 3.96. The van der Waals surface area contributed by atoms with Crippen LogP contribution in [0.2, 0.25) is 0 Å². The lowest BCUT2D eigenvalue weighted by atomic mass is 10.1. The fourth-order valence-corrected chi connectivity index (χ4v) is 2.11. The van der Waals surface area contributed by atoms with Crippen molar-refractivity contribution < 1.29 is 14.3 Å². The summed E-state index contributed by atoms with van der Waals surface area (Å²) in [4.78, 5) is 20.0. The molecular weight excluding hydrogens is 234 g/mol. The van der Waals surface area contributed by atoms with E-state index in [4.69, 9.17) is 9.47 Å². The van der Waals surface area contributed by atoms with Gasteiger partial charge < -0.3 is 14.8 Å². The van der Waals surface area contributed by atoms with E-state index in [1.165, 1.54) is 20.4 Å². The van der Waals surface area contributed by atoms with Crippen molar-refractivity contribution in [3.63, 3.8) is 0 Å². The number of ether oxygens (including phenoxy) is 2. The highest BCUT2D eigenvalue weighted by atomic mass is 16.5. The molecule has 0 aliphatic heterocycles. The Hall–Kier alpha value is -1.85. The van der Waals surface area contributed by atoms with Gasteiger partial charge in [0, 0.05) is 5.92 Å². The molecular formula is C12H17N3O3. The van der Waals surface area contributed by atoms with Crippen LogP contribution in [0, 0.1) is 5.92 Å². The maximum Gasteiger partial charge on any atom is 0.319 e. The summed E-state index contributed by atoms with van der Waals surface area (Å²) in [7, 11) is 2.97. The Morgan fingerprint density at radius 2 is 2.06 bits per heavy atom. The fourth-order valence-electron chi connectivity index (χ4n) is 2.11. The smallest absolute Gasteiger partial charge is 0.319 e. The van der Waals surface area contributed by atoms with E-state index in [0.29, 0.717) is 11.6 Å². The second-order valence-electron chi connectivity index (χ2n) is 4.25. The van der Waals surface area contributed by atoms with Crippen LogP contribution in [0.5, 0.6) is 11.9 Å². The Labute approximate surface area is 106 Å². The Balaban J connectivity index is 2.10. The standard InChI is InChI=1S/C12H17N3O3/c1-17-11-9(7-13-12(15-11)18-2)14-10(16)8-5-3-4-6-8/h7-8H,3-6H2,1-2H3,(H,14,16). The molecule has 2 rings (SSSR count). The predicted molar refractivity (Wildman–Crippen MR) is 65.7 cm³/mol. The summed E-state index contributed by atoms with van der Waals surface area (Å²) in [6.45, 7) is 0. The van der Waals surface area contributed by atoms with E-state index in [1.54, 1.807) is 0 Å². The maximum absolute atomic E-state index is 12.0. The SMILES string of the molecule is COc1ncc(NC(=O)C2CCCC2)c(OC)n1.